The molecule has 34 heavy (non-hydrogen) atoms. The van der Waals surface area contributed by atoms with Crippen molar-refractivity contribution < 1.29 is 28.6 Å². The van der Waals surface area contributed by atoms with E-state index in [0.717, 1.165) is 41.6 Å². The number of thioether (sulfide) groups is 1. The molecule has 0 radical (unpaired) electrons. The van der Waals surface area contributed by atoms with E-state index in [1.165, 1.54) is 11.8 Å². The van der Waals surface area contributed by atoms with Crippen LogP contribution in [0.15, 0.2) is 41.3 Å². The average Bonchev–Trinajstić information content (AvgIpc) is 3.31. The van der Waals surface area contributed by atoms with Gasteiger partial charge in [0, 0.05) is 37.6 Å². The maximum absolute atomic E-state index is 12.6. The van der Waals surface area contributed by atoms with E-state index in [1.807, 2.05) is 25.1 Å². The number of benzene rings is 2. The normalized spacial score (nSPS) is 19.4. The predicted octanol–water partition coefficient (Wildman–Crippen LogP) is 2.35. The zero-order chi connectivity index (χ0) is 23.7. The molecule has 1 unspecified atom stereocenters. The number of amides is 2. The third-order valence-corrected chi connectivity index (χ3v) is 7.22. The van der Waals surface area contributed by atoms with Crippen LogP contribution in [0.2, 0.25) is 0 Å². The SMILES string of the molecule is CC1Sc2ccc(C(=O)OCC(=O)N3CCN(Cc4ccc5c(c4)OCO5)CC3)cc2NC1=O. The number of carbonyl (C=O) groups is 3. The lowest BCUT2D eigenvalue weighted by atomic mass is 10.1. The molecule has 178 valence electrons. The largest absolute Gasteiger partial charge is 0.454 e. The van der Waals surface area contributed by atoms with Crippen molar-refractivity contribution in [2.75, 3.05) is 44.9 Å². The molecule has 3 heterocycles. The molecule has 0 aliphatic carbocycles. The summed E-state index contributed by atoms with van der Waals surface area (Å²) in [7, 11) is 0. The van der Waals surface area contributed by atoms with E-state index in [0.29, 0.717) is 24.3 Å². The van der Waals surface area contributed by atoms with Gasteiger partial charge in [0.2, 0.25) is 12.7 Å². The van der Waals surface area contributed by atoms with Crippen LogP contribution in [-0.2, 0) is 20.9 Å². The standard InChI is InChI=1S/C24H25N3O6S/c1-15-23(29)25-18-11-17(3-5-21(18)34-15)24(30)31-13-22(28)27-8-6-26(7-9-27)12-16-2-4-19-20(10-16)33-14-32-19/h2-5,10-11,15H,6-9,12-14H2,1H3,(H,25,29). The molecule has 0 bridgehead atoms. The first-order valence-corrected chi connectivity index (χ1v) is 12.0. The summed E-state index contributed by atoms with van der Waals surface area (Å²) in [6.07, 6.45) is 0. The molecule has 0 spiro atoms. The van der Waals surface area contributed by atoms with Crippen LogP contribution in [0.5, 0.6) is 11.5 Å². The summed E-state index contributed by atoms with van der Waals surface area (Å²) in [5, 5.41) is 2.61. The number of hydrogen-bond acceptors (Lipinski definition) is 8. The second kappa shape index (κ2) is 9.55. The fraction of sp³-hybridized carbons (Fsp3) is 0.375. The van der Waals surface area contributed by atoms with Gasteiger partial charge >= 0.3 is 5.97 Å². The maximum atomic E-state index is 12.6. The second-order valence-corrected chi connectivity index (χ2v) is 9.76. The highest BCUT2D eigenvalue weighted by Gasteiger charge is 2.25. The Hall–Kier alpha value is -3.24. The van der Waals surface area contributed by atoms with Gasteiger partial charge in [-0.15, -0.1) is 11.8 Å². The van der Waals surface area contributed by atoms with Crippen molar-refractivity contribution >= 4 is 35.2 Å². The second-order valence-electron chi connectivity index (χ2n) is 8.38. The Morgan fingerprint density at radius 3 is 2.71 bits per heavy atom. The van der Waals surface area contributed by atoms with Crippen LogP contribution in [0.4, 0.5) is 5.69 Å². The number of anilines is 1. The van der Waals surface area contributed by atoms with Crippen LogP contribution in [-0.4, -0.2) is 72.4 Å². The minimum atomic E-state index is -0.588. The third-order valence-electron chi connectivity index (χ3n) is 6.04. The summed E-state index contributed by atoms with van der Waals surface area (Å²) in [5.74, 6) is 0.628. The number of carbonyl (C=O) groups excluding carboxylic acids is 3. The smallest absolute Gasteiger partial charge is 0.338 e. The van der Waals surface area contributed by atoms with E-state index in [4.69, 9.17) is 14.2 Å². The topological polar surface area (TPSA) is 97.4 Å². The zero-order valence-corrected chi connectivity index (χ0v) is 19.6. The van der Waals surface area contributed by atoms with E-state index < -0.39 is 5.97 Å². The molecule has 0 saturated carbocycles. The molecule has 2 aromatic rings. The number of hydrogen-bond donors (Lipinski definition) is 1. The number of rotatable bonds is 5. The molecule has 1 N–H and O–H groups in total. The first-order valence-electron chi connectivity index (χ1n) is 11.1. The number of piperazine rings is 1. The molecule has 3 aliphatic heterocycles. The molecule has 2 amide bonds. The van der Waals surface area contributed by atoms with Crippen LogP contribution >= 0.6 is 11.8 Å². The van der Waals surface area contributed by atoms with Crippen LogP contribution in [0.3, 0.4) is 0 Å². The Balaban J connectivity index is 1.09. The Bertz CT molecular complexity index is 1130. The molecule has 1 fully saturated rings. The van der Waals surface area contributed by atoms with Crippen molar-refractivity contribution in [1.82, 2.24) is 9.80 Å². The van der Waals surface area contributed by atoms with Crippen LogP contribution in [0, 0.1) is 0 Å². The van der Waals surface area contributed by atoms with Crippen LogP contribution in [0.1, 0.15) is 22.8 Å². The summed E-state index contributed by atoms with van der Waals surface area (Å²) in [4.78, 5) is 41.8. The lowest BCUT2D eigenvalue weighted by Gasteiger charge is -2.34. The van der Waals surface area contributed by atoms with Gasteiger partial charge in [0.25, 0.3) is 5.91 Å². The zero-order valence-electron chi connectivity index (χ0n) is 18.7. The highest BCUT2D eigenvalue weighted by Crippen LogP contribution is 2.36. The number of nitrogens with one attached hydrogen (secondary N) is 1. The van der Waals surface area contributed by atoms with Gasteiger partial charge in [-0.05, 0) is 42.8 Å². The summed E-state index contributed by atoms with van der Waals surface area (Å²) < 4.78 is 16.0. The monoisotopic (exact) mass is 483 g/mol. The van der Waals surface area contributed by atoms with Gasteiger partial charge in [0.1, 0.15) is 0 Å². The molecule has 2 aromatic carbocycles. The van der Waals surface area contributed by atoms with Gasteiger partial charge in [0.15, 0.2) is 18.1 Å². The first-order chi connectivity index (χ1) is 16.5. The van der Waals surface area contributed by atoms with Gasteiger partial charge in [0.05, 0.1) is 16.5 Å². The Morgan fingerprint density at radius 2 is 1.88 bits per heavy atom. The van der Waals surface area contributed by atoms with Gasteiger partial charge < -0.3 is 24.4 Å². The van der Waals surface area contributed by atoms with E-state index in [9.17, 15) is 14.4 Å². The first kappa shape index (κ1) is 22.5. The van der Waals surface area contributed by atoms with Gasteiger partial charge in [-0.25, -0.2) is 4.79 Å². The summed E-state index contributed by atoms with van der Waals surface area (Å²) in [6.45, 7) is 5.14. The molecule has 1 saturated heterocycles. The molecule has 0 aromatic heterocycles. The fourth-order valence-electron chi connectivity index (χ4n) is 4.09. The lowest BCUT2D eigenvalue weighted by molar-refractivity contribution is -0.136. The van der Waals surface area contributed by atoms with E-state index in [2.05, 4.69) is 10.2 Å². The summed E-state index contributed by atoms with van der Waals surface area (Å²) in [6, 6.07) is 11.0. The van der Waals surface area contributed by atoms with Crippen molar-refractivity contribution in [2.45, 2.75) is 23.6 Å². The maximum Gasteiger partial charge on any atom is 0.338 e. The van der Waals surface area contributed by atoms with Gasteiger partial charge in [-0.2, -0.15) is 0 Å². The third kappa shape index (κ3) is 4.83. The van der Waals surface area contributed by atoms with Gasteiger partial charge in [-0.3, -0.25) is 14.5 Å². The van der Waals surface area contributed by atoms with Crippen molar-refractivity contribution in [2.24, 2.45) is 0 Å². The highest BCUT2D eigenvalue weighted by molar-refractivity contribution is 8.00. The number of esters is 1. The lowest BCUT2D eigenvalue weighted by Crippen LogP contribution is -2.49. The Kier molecular flexibility index (Phi) is 6.34. The van der Waals surface area contributed by atoms with Crippen LogP contribution in [0.25, 0.3) is 0 Å². The minimum absolute atomic E-state index is 0.101. The molecular formula is C24H25N3O6S. The van der Waals surface area contributed by atoms with Crippen LogP contribution < -0.4 is 14.8 Å². The summed E-state index contributed by atoms with van der Waals surface area (Å²) in [5.41, 5.74) is 2.02. The van der Waals surface area contributed by atoms with E-state index >= 15 is 0 Å². The molecule has 5 rings (SSSR count). The average molecular weight is 484 g/mol. The molecule has 9 nitrogen and oxygen atoms in total. The minimum Gasteiger partial charge on any atom is -0.454 e. The van der Waals surface area contributed by atoms with E-state index in [1.54, 1.807) is 23.1 Å². The summed E-state index contributed by atoms with van der Waals surface area (Å²) >= 11 is 1.44. The van der Waals surface area contributed by atoms with Crippen molar-refractivity contribution in [3.8, 4) is 11.5 Å². The number of nitrogens with zero attached hydrogens (tertiary/aromatic N) is 2. The van der Waals surface area contributed by atoms with Crippen molar-refractivity contribution in [3.05, 3.63) is 47.5 Å². The molecule has 10 heteroatoms. The molecular weight excluding hydrogens is 458 g/mol. The van der Waals surface area contributed by atoms with Crippen molar-refractivity contribution in [3.63, 3.8) is 0 Å². The molecule has 1 atom stereocenters. The van der Waals surface area contributed by atoms with E-state index in [-0.39, 0.29) is 30.5 Å². The van der Waals surface area contributed by atoms with Gasteiger partial charge in [-0.1, -0.05) is 6.07 Å². The highest BCUT2D eigenvalue weighted by atomic mass is 32.2. The predicted molar refractivity (Wildman–Crippen MR) is 125 cm³/mol. The fourth-order valence-corrected chi connectivity index (χ4v) is 5.02. The Labute approximate surface area is 201 Å². The van der Waals surface area contributed by atoms with Crippen molar-refractivity contribution in [1.29, 1.82) is 0 Å². The molecule has 3 aliphatic rings. The number of ether oxygens (including phenoxy) is 3. The Morgan fingerprint density at radius 1 is 1.09 bits per heavy atom. The quantitative estimate of drug-likeness (QED) is 0.648. The number of fused-ring (bicyclic) bond motifs is 2.